The third kappa shape index (κ3) is 2.42. The van der Waals surface area contributed by atoms with Crippen molar-refractivity contribution in [3.63, 3.8) is 0 Å². The highest BCUT2D eigenvalue weighted by atomic mass is 15.3. The van der Waals surface area contributed by atoms with Gasteiger partial charge in [-0.1, -0.05) is 12.1 Å². The molecule has 0 fully saturated rings. The number of aromatic amines is 1. The highest BCUT2D eigenvalue weighted by Crippen LogP contribution is 2.21. The Hall–Kier alpha value is -2.56. The first kappa shape index (κ1) is 12.5. The minimum atomic E-state index is 0.770. The first-order valence-corrected chi connectivity index (χ1v) is 6.55. The zero-order valence-corrected chi connectivity index (χ0v) is 11.6. The van der Waals surface area contributed by atoms with E-state index in [-0.39, 0.29) is 0 Å². The Morgan fingerprint density at radius 1 is 1.30 bits per heavy atom. The molecular weight excluding hydrogens is 250 g/mol. The largest absolute Gasteiger partial charge is 0.381 e. The van der Waals surface area contributed by atoms with Crippen molar-refractivity contribution in [2.24, 2.45) is 7.05 Å². The van der Waals surface area contributed by atoms with Crippen molar-refractivity contribution in [2.75, 3.05) is 5.32 Å². The minimum absolute atomic E-state index is 0.770. The zero-order valence-electron chi connectivity index (χ0n) is 11.6. The molecule has 20 heavy (non-hydrogen) atoms. The lowest BCUT2D eigenvalue weighted by Gasteiger charge is -2.07. The minimum Gasteiger partial charge on any atom is -0.381 e. The van der Waals surface area contributed by atoms with Gasteiger partial charge in [-0.2, -0.15) is 10.2 Å². The van der Waals surface area contributed by atoms with Crippen LogP contribution in [0.1, 0.15) is 11.3 Å². The molecule has 0 bridgehead atoms. The summed E-state index contributed by atoms with van der Waals surface area (Å²) in [4.78, 5) is 0. The first-order valence-electron chi connectivity index (χ1n) is 6.55. The Labute approximate surface area is 117 Å². The van der Waals surface area contributed by atoms with E-state index >= 15 is 0 Å². The molecule has 5 nitrogen and oxygen atoms in total. The molecule has 0 amide bonds. The third-order valence-electron chi connectivity index (χ3n) is 3.49. The van der Waals surface area contributed by atoms with Crippen LogP contribution in [0.2, 0.25) is 0 Å². The predicted molar refractivity (Wildman–Crippen MR) is 79.3 cm³/mol. The fraction of sp³-hybridized carbons (Fsp3) is 0.200. The molecule has 0 spiro atoms. The molecule has 0 radical (unpaired) electrons. The molecule has 0 unspecified atom stereocenters. The van der Waals surface area contributed by atoms with Crippen LogP contribution < -0.4 is 5.32 Å². The maximum atomic E-state index is 4.25. The number of aromatic nitrogens is 4. The van der Waals surface area contributed by atoms with E-state index in [0.717, 1.165) is 23.5 Å². The summed E-state index contributed by atoms with van der Waals surface area (Å²) >= 11 is 0. The second kappa shape index (κ2) is 5.21. The molecular formula is C15H17N5. The van der Waals surface area contributed by atoms with Gasteiger partial charge < -0.3 is 5.32 Å². The number of H-pyrrole nitrogens is 1. The van der Waals surface area contributed by atoms with Crippen molar-refractivity contribution in [2.45, 2.75) is 13.5 Å². The number of aryl methyl sites for hydroxylation is 1. The van der Waals surface area contributed by atoms with Gasteiger partial charge in [0.25, 0.3) is 0 Å². The Morgan fingerprint density at radius 2 is 2.20 bits per heavy atom. The first-order chi connectivity index (χ1) is 9.74. The second-order valence-corrected chi connectivity index (χ2v) is 4.78. The fourth-order valence-corrected chi connectivity index (χ4v) is 2.13. The molecule has 1 aromatic carbocycles. The lowest BCUT2D eigenvalue weighted by atomic mass is 10.1. The van der Waals surface area contributed by atoms with Crippen LogP contribution in [0.4, 0.5) is 5.69 Å². The van der Waals surface area contributed by atoms with Crippen molar-refractivity contribution in [3.05, 3.63) is 54.0 Å². The smallest absolute Gasteiger partial charge is 0.0650 e. The molecule has 0 saturated carbocycles. The SMILES string of the molecule is Cc1c(CNc2cccc(-c3ccn[nH]3)c2)cnn1C. The Bertz CT molecular complexity index is 697. The van der Waals surface area contributed by atoms with Crippen LogP contribution in [-0.4, -0.2) is 20.0 Å². The van der Waals surface area contributed by atoms with E-state index in [2.05, 4.69) is 45.7 Å². The molecule has 3 aromatic rings. The monoisotopic (exact) mass is 267 g/mol. The molecule has 0 aliphatic rings. The summed E-state index contributed by atoms with van der Waals surface area (Å²) < 4.78 is 1.89. The molecule has 102 valence electrons. The second-order valence-electron chi connectivity index (χ2n) is 4.78. The maximum absolute atomic E-state index is 4.25. The summed E-state index contributed by atoms with van der Waals surface area (Å²) in [5.74, 6) is 0. The molecule has 0 atom stereocenters. The van der Waals surface area contributed by atoms with E-state index in [1.54, 1.807) is 6.20 Å². The number of rotatable bonds is 4. The normalized spacial score (nSPS) is 10.7. The fourth-order valence-electron chi connectivity index (χ4n) is 2.13. The highest BCUT2D eigenvalue weighted by molar-refractivity contribution is 5.64. The Kier molecular flexibility index (Phi) is 3.25. The van der Waals surface area contributed by atoms with Crippen LogP contribution >= 0.6 is 0 Å². The lowest BCUT2D eigenvalue weighted by Crippen LogP contribution is -2.01. The number of nitrogens with zero attached hydrogens (tertiary/aromatic N) is 3. The van der Waals surface area contributed by atoms with Gasteiger partial charge in [0.05, 0.1) is 11.9 Å². The van der Waals surface area contributed by atoms with E-state index in [9.17, 15) is 0 Å². The summed E-state index contributed by atoms with van der Waals surface area (Å²) in [5, 5.41) is 14.6. The highest BCUT2D eigenvalue weighted by Gasteiger charge is 2.04. The molecule has 0 aliphatic carbocycles. The summed E-state index contributed by atoms with van der Waals surface area (Å²) in [7, 11) is 1.96. The van der Waals surface area contributed by atoms with Gasteiger partial charge in [-0.3, -0.25) is 9.78 Å². The van der Waals surface area contributed by atoms with Gasteiger partial charge >= 0.3 is 0 Å². The van der Waals surface area contributed by atoms with Crippen molar-refractivity contribution in [3.8, 4) is 11.3 Å². The van der Waals surface area contributed by atoms with Gasteiger partial charge in [0.15, 0.2) is 0 Å². The number of nitrogens with one attached hydrogen (secondary N) is 2. The average molecular weight is 267 g/mol. The van der Waals surface area contributed by atoms with Crippen molar-refractivity contribution in [1.82, 2.24) is 20.0 Å². The van der Waals surface area contributed by atoms with E-state index in [4.69, 9.17) is 0 Å². The Balaban J connectivity index is 1.75. The van der Waals surface area contributed by atoms with Crippen molar-refractivity contribution >= 4 is 5.69 Å². The van der Waals surface area contributed by atoms with Crippen LogP contribution in [0.3, 0.4) is 0 Å². The van der Waals surface area contributed by atoms with Gasteiger partial charge in [0.1, 0.15) is 0 Å². The van der Waals surface area contributed by atoms with Gasteiger partial charge in [-0.15, -0.1) is 0 Å². The average Bonchev–Trinajstić information content (AvgIpc) is 3.10. The standard InChI is InChI=1S/C15H17N5/c1-11-13(10-18-20(11)2)9-16-14-5-3-4-12(8-14)15-6-7-17-19-15/h3-8,10,16H,9H2,1-2H3,(H,17,19). The molecule has 2 heterocycles. The lowest BCUT2D eigenvalue weighted by molar-refractivity contribution is 0.738. The van der Waals surface area contributed by atoms with Gasteiger partial charge in [-0.25, -0.2) is 0 Å². The molecule has 5 heteroatoms. The topological polar surface area (TPSA) is 58.5 Å². The molecule has 0 saturated heterocycles. The number of hydrogen-bond acceptors (Lipinski definition) is 3. The Morgan fingerprint density at radius 3 is 2.90 bits per heavy atom. The predicted octanol–water partition coefficient (Wildman–Crippen LogP) is 2.73. The van der Waals surface area contributed by atoms with Gasteiger partial charge in [0.2, 0.25) is 0 Å². The summed E-state index contributed by atoms with van der Waals surface area (Å²) in [6.07, 6.45) is 3.66. The quantitative estimate of drug-likeness (QED) is 0.764. The van der Waals surface area contributed by atoms with Crippen LogP contribution in [0, 0.1) is 6.92 Å². The molecule has 3 rings (SSSR count). The van der Waals surface area contributed by atoms with Crippen LogP contribution in [0.25, 0.3) is 11.3 Å². The van der Waals surface area contributed by atoms with Crippen molar-refractivity contribution in [1.29, 1.82) is 0 Å². The summed E-state index contributed by atoms with van der Waals surface area (Å²) in [6.45, 7) is 2.84. The zero-order chi connectivity index (χ0) is 13.9. The van der Waals surface area contributed by atoms with Gasteiger partial charge in [-0.05, 0) is 25.1 Å². The summed E-state index contributed by atoms with van der Waals surface area (Å²) in [5.41, 5.74) is 5.61. The van der Waals surface area contributed by atoms with E-state index in [1.165, 1.54) is 11.3 Å². The van der Waals surface area contributed by atoms with E-state index in [1.807, 2.05) is 30.1 Å². The summed E-state index contributed by atoms with van der Waals surface area (Å²) in [6, 6.07) is 10.2. The van der Waals surface area contributed by atoms with Crippen molar-refractivity contribution < 1.29 is 0 Å². The van der Waals surface area contributed by atoms with Crippen LogP contribution in [0.15, 0.2) is 42.7 Å². The number of hydrogen-bond donors (Lipinski definition) is 2. The van der Waals surface area contributed by atoms with E-state index in [0.29, 0.717) is 0 Å². The van der Waals surface area contributed by atoms with E-state index < -0.39 is 0 Å². The molecule has 0 aliphatic heterocycles. The van der Waals surface area contributed by atoms with Gasteiger partial charge in [0, 0.05) is 42.3 Å². The third-order valence-corrected chi connectivity index (χ3v) is 3.49. The van der Waals surface area contributed by atoms with Crippen LogP contribution in [-0.2, 0) is 13.6 Å². The molecule has 2 aromatic heterocycles. The maximum Gasteiger partial charge on any atom is 0.0650 e. The molecule has 2 N–H and O–H groups in total. The number of benzene rings is 1. The number of anilines is 1. The van der Waals surface area contributed by atoms with Crippen LogP contribution in [0.5, 0.6) is 0 Å².